The Morgan fingerprint density at radius 1 is 0.218 bits per heavy atom. The molecule has 0 radical (unpaired) electrons. The zero-order valence-corrected chi connectivity index (χ0v) is 62.2. The SMILES string of the molecule is C1=CC2=CC=C3C=CC=C4C=CC(=C1)C2C43.C1=CC2=CC=C3C=CCC4C=CC(=C1)C2C34.C1=c2cc3ccccc3cc2=CCC1.C1=c2ccccc2=CCC1.c1cc2c3c(c1)ccc1cccc(c13)CC2.c1ccc2cc3ccccc3cc2c1.c1ccc2cc3ccccc3cc2c1.c1ccc2ccccc2c1. The van der Waals surface area contributed by atoms with Gasteiger partial charge in [0.25, 0.3) is 0 Å². The van der Waals surface area contributed by atoms with Gasteiger partial charge < -0.3 is 0 Å². The number of hydrogen-bond donors (Lipinski definition) is 0. The molecule has 0 saturated heterocycles. The Kier molecular flexibility index (Phi) is 20.1. The minimum absolute atomic E-state index is 0.561. The lowest BCUT2D eigenvalue weighted by atomic mass is 9.61. The molecule has 5 atom stereocenters. The standard InChI is InChI=1S/C16H14.2C16H12.C14H12.2C14H10.C10H10.C10H8/c3*1-3-11-7-9-13-5-2-6-14-10-8-12(4-1)15(11)16(13)14;3*1-2-6-12-10-14-8-4-3-7-13(14)9-11(12)5-1;2*1-2-6-10-8-4-3-7-9(10)5-1/h1-5,7-10,14-16H,6H2;1-7,9H,8,10H2;1-10,15-16H;1-2,5-10H,3-4H2;2*1-10H;1-2,5-8H,3-4H2;1-8H. The van der Waals surface area contributed by atoms with Gasteiger partial charge in [-0.25, -0.2) is 0 Å². The highest BCUT2D eigenvalue weighted by Crippen LogP contribution is 2.51. The molecule has 11 aliphatic rings. The highest BCUT2D eigenvalue weighted by molar-refractivity contribution is 6.11. The first-order valence-corrected chi connectivity index (χ1v) is 39.6. The van der Waals surface area contributed by atoms with Gasteiger partial charge in [-0.1, -0.05) is 382 Å². The van der Waals surface area contributed by atoms with E-state index in [1.165, 1.54) is 202 Å². The molecule has 0 saturated carbocycles. The average Bonchev–Trinajstić information content (AvgIpc) is 0.767. The number of rotatable bonds is 0. The quantitative estimate of drug-likeness (QED) is 0.105. The van der Waals surface area contributed by atoms with Gasteiger partial charge in [-0.15, -0.1) is 0 Å². The van der Waals surface area contributed by atoms with Crippen molar-refractivity contribution in [3.8, 4) is 0 Å². The molecular weight excluding hydrogens is 1320 g/mol. The van der Waals surface area contributed by atoms with Crippen molar-refractivity contribution >= 4 is 110 Å². The van der Waals surface area contributed by atoms with Gasteiger partial charge in [0.15, 0.2) is 0 Å². The maximum Gasteiger partial charge on any atom is 0.0199 e. The number of fused-ring (bicyclic) bond motifs is 8. The lowest BCUT2D eigenvalue weighted by molar-refractivity contribution is 0.364. The summed E-state index contributed by atoms with van der Waals surface area (Å²) in [4.78, 5) is 0. The average molecular weight is 1410 g/mol. The summed E-state index contributed by atoms with van der Waals surface area (Å²) < 4.78 is 0. The molecule has 5 unspecified atom stereocenters. The predicted octanol–water partition coefficient (Wildman–Crippen LogP) is 25.5. The van der Waals surface area contributed by atoms with E-state index in [0.29, 0.717) is 29.6 Å². The van der Waals surface area contributed by atoms with Crippen LogP contribution in [0.3, 0.4) is 0 Å². The van der Waals surface area contributed by atoms with E-state index in [9.17, 15) is 0 Å². The minimum Gasteiger partial charge on any atom is -0.0836 e. The van der Waals surface area contributed by atoms with Crippen LogP contribution >= 0.6 is 0 Å². The molecule has 0 N–H and O–H groups in total. The highest BCUT2D eigenvalue weighted by Gasteiger charge is 2.40. The molecule has 0 heterocycles. The Balaban J connectivity index is 0.0000000887. The molecule has 0 amide bonds. The van der Waals surface area contributed by atoms with Crippen LogP contribution in [0.15, 0.2) is 434 Å². The van der Waals surface area contributed by atoms with Gasteiger partial charge in [-0.3, -0.25) is 0 Å². The summed E-state index contributed by atoms with van der Waals surface area (Å²) in [5.41, 5.74) is 13.4. The maximum atomic E-state index is 2.41. The van der Waals surface area contributed by atoms with Gasteiger partial charge >= 0.3 is 0 Å². The summed E-state index contributed by atoms with van der Waals surface area (Å²) in [5, 5.41) is 27.1. The van der Waals surface area contributed by atoms with Gasteiger partial charge in [0.05, 0.1) is 0 Å². The number of benzene rings is 14. The molecule has 528 valence electrons. The van der Waals surface area contributed by atoms with Crippen molar-refractivity contribution in [2.75, 3.05) is 0 Å². The van der Waals surface area contributed by atoms with Crippen LogP contribution in [0, 0.1) is 29.6 Å². The number of hydrogen-bond acceptors (Lipinski definition) is 0. The summed E-state index contributed by atoms with van der Waals surface area (Å²) in [6.07, 6.45) is 60.8. The van der Waals surface area contributed by atoms with Crippen LogP contribution in [-0.4, -0.2) is 0 Å². The maximum absolute atomic E-state index is 2.41. The van der Waals surface area contributed by atoms with Crippen molar-refractivity contribution in [2.45, 2.75) is 44.9 Å². The van der Waals surface area contributed by atoms with E-state index in [0.717, 1.165) is 0 Å². The lowest BCUT2D eigenvalue weighted by Crippen LogP contribution is -2.33. The Hall–Kier alpha value is -12.7. The van der Waals surface area contributed by atoms with E-state index in [1.807, 2.05) is 0 Å². The minimum atomic E-state index is 0.561. The second kappa shape index (κ2) is 32.0. The van der Waals surface area contributed by atoms with Crippen LogP contribution < -0.4 is 20.9 Å². The highest BCUT2D eigenvalue weighted by atomic mass is 14.4. The van der Waals surface area contributed by atoms with Crippen molar-refractivity contribution in [3.63, 3.8) is 0 Å². The molecule has 25 rings (SSSR count). The van der Waals surface area contributed by atoms with E-state index in [4.69, 9.17) is 0 Å². The molecule has 0 fully saturated rings. The van der Waals surface area contributed by atoms with E-state index < -0.39 is 0 Å². The van der Waals surface area contributed by atoms with E-state index >= 15 is 0 Å². The Morgan fingerprint density at radius 3 is 0.918 bits per heavy atom. The van der Waals surface area contributed by atoms with E-state index in [2.05, 4.69) is 419 Å². The van der Waals surface area contributed by atoms with Crippen molar-refractivity contribution in [1.82, 2.24) is 0 Å². The molecule has 0 aromatic heterocycles. The topological polar surface area (TPSA) is 0 Å². The Labute approximate surface area is 646 Å². The first kappa shape index (κ1) is 69.0. The molecule has 110 heavy (non-hydrogen) atoms. The normalized spacial score (nSPS) is 19.0. The first-order chi connectivity index (χ1) is 54.5. The zero-order chi connectivity index (χ0) is 73.4. The molecule has 0 aliphatic heterocycles. The van der Waals surface area contributed by atoms with Crippen molar-refractivity contribution < 1.29 is 0 Å². The molecule has 0 bridgehead atoms. The van der Waals surface area contributed by atoms with Gasteiger partial charge in [-0.05, 0) is 244 Å². The summed E-state index contributed by atoms with van der Waals surface area (Å²) >= 11 is 0. The fourth-order valence-electron chi connectivity index (χ4n) is 18.0. The second-order valence-electron chi connectivity index (χ2n) is 30.2. The number of aryl methyl sites for hydroxylation is 2. The number of allylic oxidation sites excluding steroid dienone is 26. The fourth-order valence-corrected chi connectivity index (χ4v) is 18.0. The first-order valence-electron chi connectivity index (χ1n) is 39.6. The molecule has 11 aliphatic carbocycles. The largest absolute Gasteiger partial charge is 0.0836 e. The van der Waals surface area contributed by atoms with Crippen molar-refractivity contribution in [3.05, 3.63) is 466 Å². The van der Waals surface area contributed by atoms with E-state index in [1.54, 1.807) is 0 Å². The summed E-state index contributed by atoms with van der Waals surface area (Å²) in [6, 6.07) is 99.1. The molecule has 0 spiro atoms. The predicted molar refractivity (Wildman–Crippen MR) is 474 cm³/mol. The molecular formula is C110H88. The van der Waals surface area contributed by atoms with Crippen LogP contribution in [0.25, 0.3) is 110 Å². The van der Waals surface area contributed by atoms with Crippen LogP contribution in [0.5, 0.6) is 0 Å². The third kappa shape index (κ3) is 14.8. The van der Waals surface area contributed by atoms with Crippen LogP contribution in [0.4, 0.5) is 0 Å². The van der Waals surface area contributed by atoms with E-state index in [-0.39, 0.29) is 0 Å². The second-order valence-corrected chi connectivity index (χ2v) is 30.2. The molecule has 14 aromatic rings. The molecule has 0 nitrogen and oxygen atoms in total. The fraction of sp³-hybridized carbons (Fsp3) is 0.109. The lowest BCUT2D eigenvalue weighted by Gasteiger charge is -2.42. The van der Waals surface area contributed by atoms with Gasteiger partial charge in [0.1, 0.15) is 0 Å². The smallest absolute Gasteiger partial charge is 0.0199 e. The summed E-state index contributed by atoms with van der Waals surface area (Å²) in [6.45, 7) is 0. The van der Waals surface area contributed by atoms with Crippen LogP contribution in [0.1, 0.15) is 43.2 Å². The van der Waals surface area contributed by atoms with Crippen molar-refractivity contribution in [2.24, 2.45) is 29.6 Å². The molecule has 0 heteroatoms. The third-order valence-electron chi connectivity index (χ3n) is 23.4. The zero-order valence-electron chi connectivity index (χ0n) is 62.2. The van der Waals surface area contributed by atoms with Gasteiger partial charge in [0.2, 0.25) is 0 Å². The summed E-state index contributed by atoms with van der Waals surface area (Å²) in [5.74, 6) is 3.17. The Bertz CT molecular complexity index is 6050. The summed E-state index contributed by atoms with van der Waals surface area (Å²) in [7, 11) is 0. The van der Waals surface area contributed by atoms with Crippen molar-refractivity contribution in [1.29, 1.82) is 0 Å². The molecule has 14 aromatic carbocycles. The van der Waals surface area contributed by atoms with Gasteiger partial charge in [-0.2, -0.15) is 0 Å². The van der Waals surface area contributed by atoms with Crippen LogP contribution in [-0.2, 0) is 12.8 Å². The third-order valence-corrected chi connectivity index (χ3v) is 23.4. The monoisotopic (exact) mass is 1410 g/mol. The Morgan fingerprint density at radius 2 is 0.527 bits per heavy atom. The van der Waals surface area contributed by atoms with Crippen LogP contribution in [0.2, 0.25) is 0 Å². The van der Waals surface area contributed by atoms with Gasteiger partial charge in [0, 0.05) is 23.7 Å².